The van der Waals surface area contributed by atoms with Crippen LogP contribution in [0.5, 0.6) is 0 Å². The van der Waals surface area contributed by atoms with Gasteiger partial charge in [-0.15, -0.1) is 10.2 Å². The Balaban J connectivity index is 1.53. The quantitative estimate of drug-likeness (QED) is 0.716. The van der Waals surface area contributed by atoms with E-state index in [1.165, 1.54) is 12.1 Å². The van der Waals surface area contributed by atoms with Gasteiger partial charge in [0.25, 0.3) is 5.91 Å². The molecule has 1 saturated heterocycles. The Morgan fingerprint density at radius 3 is 2.44 bits per heavy atom. The average Bonchev–Trinajstić information content (AvgIpc) is 3.22. The van der Waals surface area contributed by atoms with Crippen molar-refractivity contribution in [3.05, 3.63) is 72.1 Å². The van der Waals surface area contributed by atoms with Crippen molar-refractivity contribution in [2.24, 2.45) is 0 Å². The first-order valence-corrected chi connectivity index (χ1v) is 8.87. The highest BCUT2D eigenvalue weighted by atomic mass is 19.1. The largest absolute Gasteiger partial charge is 0.368 e. The summed E-state index contributed by atoms with van der Waals surface area (Å²) in [5.74, 6) is -0.259. The van der Waals surface area contributed by atoms with E-state index in [4.69, 9.17) is 0 Å². The standard InChI is InChI=1S/C20H20FN5O/c1-15-5-6-19(26-13-22-23-14-26)18(11-15)20(27)25-9-7-24(8-10-25)17-4-2-3-16(21)12-17/h2-6,11-14H,7-10H2,1H3. The van der Waals surface area contributed by atoms with E-state index in [9.17, 15) is 9.18 Å². The molecule has 138 valence electrons. The summed E-state index contributed by atoms with van der Waals surface area (Å²) in [7, 11) is 0. The molecule has 2 aromatic carbocycles. The maximum Gasteiger partial charge on any atom is 0.256 e. The van der Waals surface area contributed by atoms with Crippen LogP contribution in [0.25, 0.3) is 5.69 Å². The monoisotopic (exact) mass is 365 g/mol. The van der Waals surface area contributed by atoms with Crippen LogP contribution >= 0.6 is 0 Å². The number of carbonyl (C=O) groups is 1. The summed E-state index contributed by atoms with van der Waals surface area (Å²) in [6.07, 6.45) is 3.17. The van der Waals surface area contributed by atoms with E-state index in [1.54, 1.807) is 23.3 Å². The molecule has 1 fully saturated rings. The Hall–Kier alpha value is -3.22. The van der Waals surface area contributed by atoms with Gasteiger partial charge in [-0.25, -0.2) is 4.39 Å². The molecule has 2 heterocycles. The van der Waals surface area contributed by atoms with Crippen molar-refractivity contribution in [3.63, 3.8) is 0 Å². The lowest BCUT2D eigenvalue weighted by atomic mass is 10.1. The Morgan fingerprint density at radius 1 is 1.00 bits per heavy atom. The molecular weight excluding hydrogens is 345 g/mol. The fraction of sp³-hybridized carbons (Fsp3) is 0.250. The van der Waals surface area contributed by atoms with Gasteiger partial charge in [0.1, 0.15) is 18.5 Å². The van der Waals surface area contributed by atoms with E-state index in [0.29, 0.717) is 31.7 Å². The second-order valence-corrected chi connectivity index (χ2v) is 6.65. The average molecular weight is 365 g/mol. The third-order valence-electron chi connectivity index (χ3n) is 4.82. The molecule has 1 aliphatic rings. The number of hydrogen-bond acceptors (Lipinski definition) is 4. The van der Waals surface area contributed by atoms with Gasteiger partial charge in [0.05, 0.1) is 11.3 Å². The third-order valence-corrected chi connectivity index (χ3v) is 4.82. The predicted molar refractivity (Wildman–Crippen MR) is 101 cm³/mol. The van der Waals surface area contributed by atoms with Crippen LogP contribution in [0.4, 0.5) is 10.1 Å². The first kappa shape index (κ1) is 17.2. The van der Waals surface area contributed by atoms with Crippen molar-refractivity contribution in [1.82, 2.24) is 19.7 Å². The molecule has 6 nitrogen and oxygen atoms in total. The summed E-state index contributed by atoms with van der Waals surface area (Å²) in [6.45, 7) is 4.48. The SMILES string of the molecule is Cc1ccc(-n2cnnc2)c(C(=O)N2CCN(c3cccc(F)c3)CC2)c1. The van der Waals surface area contributed by atoms with Crippen LogP contribution in [-0.2, 0) is 0 Å². The maximum absolute atomic E-state index is 13.5. The smallest absolute Gasteiger partial charge is 0.256 e. The van der Waals surface area contributed by atoms with Crippen LogP contribution in [0.15, 0.2) is 55.1 Å². The van der Waals surface area contributed by atoms with Gasteiger partial charge in [-0.3, -0.25) is 9.36 Å². The van der Waals surface area contributed by atoms with Crippen LogP contribution in [0.2, 0.25) is 0 Å². The summed E-state index contributed by atoms with van der Waals surface area (Å²) >= 11 is 0. The zero-order chi connectivity index (χ0) is 18.8. The number of amides is 1. The summed E-state index contributed by atoms with van der Waals surface area (Å²) in [4.78, 5) is 17.1. The van der Waals surface area contributed by atoms with Gasteiger partial charge >= 0.3 is 0 Å². The number of aryl methyl sites for hydroxylation is 1. The van der Waals surface area contributed by atoms with E-state index in [1.807, 2.05) is 36.1 Å². The molecule has 1 aliphatic heterocycles. The molecule has 3 aromatic rings. The minimum Gasteiger partial charge on any atom is -0.368 e. The van der Waals surface area contributed by atoms with E-state index in [0.717, 1.165) is 16.9 Å². The molecule has 27 heavy (non-hydrogen) atoms. The lowest BCUT2D eigenvalue weighted by molar-refractivity contribution is 0.0746. The van der Waals surface area contributed by atoms with Gasteiger partial charge in [-0.2, -0.15) is 0 Å². The lowest BCUT2D eigenvalue weighted by Gasteiger charge is -2.36. The van der Waals surface area contributed by atoms with Crippen molar-refractivity contribution < 1.29 is 9.18 Å². The second kappa shape index (κ2) is 7.19. The van der Waals surface area contributed by atoms with Gasteiger partial charge in [0, 0.05) is 31.9 Å². The van der Waals surface area contributed by atoms with Crippen LogP contribution in [0.1, 0.15) is 15.9 Å². The van der Waals surface area contributed by atoms with Gasteiger partial charge < -0.3 is 9.80 Å². The molecule has 0 spiro atoms. The third kappa shape index (κ3) is 3.53. The topological polar surface area (TPSA) is 54.3 Å². The van der Waals surface area contributed by atoms with Crippen LogP contribution in [0.3, 0.4) is 0 Å². The number of piperazine rings is 1. The Kier molecular flexibility index (Phi) is 4.58. The van der Waals surface area contributed by atoms with Gasteiger partial charge in [0.15, 0.2) is 0 Å². The number of hydrogen-bond donors (Lipinski definition) is 0. The highest BCUT2D eigenvalue weighted by Crippen LogP contribution is 2.21. The highest BCUT2D eigenvalue weighted by molar-refractivity contribution is 5.98. The van der Waals surface area contributed by atoms with Crippen LogP contribution in [0, 0.1) is 12.7 Å². The normalized spacial score (nSPS) is 14.4. The molecule has 0 bridgehead atoms. The van der Waals surface area contributed by atoms with E-state index >= 15 is 0 Å². The summed E-state index contributed by atoms with van der Waals surface area (Å²) in [5, 5.41) is 7.67. The predicted octanol–water partition coefficient (Wildman–Crippen LogP) is 2.68. The molecule has 0 atom stereocenters. The van der Waals surface area contributed by atoms with Crippen molar-refractivity contribution in [2.75, 3.05) is 31.1 Å². The number of aromatic nitrogens is 3. The van der Waals surface area contributed by atoms with Crippen molar-refractivity contribution in [1.29, 1.82) is 0 Å². The van der Waals surface area contributed by atoms with Crippen molar-refractivity contribution in [3.8, 4) is 5.69 Å². The fourth-order valence-corrected chi connectivity index (χ4v) is 3.38. The minimum atomic E-state index is -0.246. The maximum atomic E-state index is 13.5. The van der Waals surface area contributed by atoms with Crippen LogP contribution < -0.4 is 4.90 Å². The minimum absolute atomic E-state index is 0.0127. The summed E-state index contributed by atoms with van der Waals surface area (Å²) < 4.78 is 15.2. The second-order valence-electron chi connectivity index (χ2n) is 6.65. The first-order valence-electron chi connectivity index (χ1n) is 8.87. The molecular formula is C20H20FN5O. The van der Waals surface area contributed by atoms with Crippen molar-refractivity contribution >= 4 is 11.6 Å². The lowest BCUT2D eigenvalue weighted by Crippen LogP contribution is -2.49. The number of carbonyl (C=O) groups excluding carboxylic acids is 1. The Bertz CT molecular complexity index is 949. The molecule has 0 saturated carbocycles. The number of anilines is 1. The molecule has 0 radical (unpaired) electrons. The van der Waals surface area contributed by atoms with E-state index in [-0.39, 0.29) is 11.7 Å². The van der Waals surface area contributed by atoms with Gasteiger partial charge in [-0.05, 0) is 37.3 Å². The Labute approximate surface area is 156 Å². The number of rotatable bonds is 3. The zero-order valence-corrected chi connectivity index (χ0v) is 15.0. The molecule has 0 unspecified atom stereocenters. The molecule has 0 aliphatic carbocycles. The summed E-state index contributed by atoms with van der Waals surface area (Å²) in [5.41, 5.74) is 3.27. The number of halogens is 1. The van der Waals surface area contributed by atoms with Crippen LogP contribution in [-0.4, -0.2) is 51.8 Å². The van der Waals surface area contributed by atoms with E-state index < -0.39 is 0 Å². The zero-order valence-electron chi connectivity index (χ0n) is 15.0. The molecule has 7 heteroatoms. The van der Waals surface area contributed by atoms with Gasteiger partial charge in [0.2, 0.25) is 0 Å². The fourth-order valence-electron chi connectivity index (χ4n) is 3.38. The van der Waals surface area contributed by atoms with Gasteiger partial charge in [-0.1, -0.05) is 17.7 Å². The molecule has 1 aromatic heterocycles. The summed E-state index contributed by atoms with van der Waals surface area (Å²) in [6, 6.07) is 12.3. The molecule has 1 amide bonds. The van der Waals surface area contributed by atoms with E-state index in [2.05, 4.69) is 15.1 Å². The first-order chi connectivity index (χ1) is 13.1. The molecule has 4 rings (SSSR count). The Morgan fingerprint density at radius 2 is 1.74 bits per heavy atom. The highest BCUT2D eigenvalue weighted by Gasteiger charge is 2.24. The number of nitrogens with zero attached hydrogens (tertiary/aromatic N) is 5. The number of benzene rings is 2. The van der Waals surface area contributed by atoms with Crippen molar-refractivity contribution in [2.45, 2.75) is 6.92 Å². The molecule has 0 N–H and O–H groups in total.